The Morgan fingerprint density at radius 3 is 2.63 bits per heavy atom. The minimum atomic E-state index is -1.12. The number of rotatable bonds is 2. The van der Waals surface area contributed by atoms with Crippen LogP contribution in [0.15, 0.2) is 36.4 Å². The number of carboxylic acid groups (broad SMARTS) is 1. The normalized spacial score (nSPS) is 14.3. The lowest BCUT2D eigenvalue weighted by atomic mass is 9.89. The van der Waals surface area contributed by atoms with Gasteiger partial charge in [0, 0.05) is 14.2 Å². The molecule has 1 aromatic heterocycles. The van der Waals surface area contributed by atoms with Crippen LogP contribution in [0.25, 0.3) is 16.9 Å². The van der Waals surface area contributed by atoms with Crippen molar-refractivity contribution in [3.63, 3.8) is 0 Å². The van der Waals surface area contributed by atoms with E-state index < -0.39 is 11.6 Å². The molecule has 1 aliphatic rings. The van der Waals surface area contributed by atoms with Crippen LogP contribution in [-0.2, 0) is 5.60 Å². The van der Waals surface area contributed by atoms with Gasteiger partial charge in [0.1, 0.15) is 11.4 Å². The maximum atomic E-state index is 11.9. The molecule has 0 spiro atoms. The van der Waals surface area contributed by atoms with E-state index in [1.807, 2.05) is 32.0 Å². The molecule has 2 aromatic carbocycles. The number of aromatic carboxylic acids is 1. The van der Waals surface area contributed by atoms with Gasteiger partial charge in [-0.3, -0.25) is 0 Å². The third-order valence-corrected chi connectivity index (χ3v) is 5.60. The molecular weight excluding hydrogens is 502 g/mol. The Bertz CT molecular complexity index is 1110. The van der Waals surface area contributed by atoms with Crippen molar-refractivity contribution in [3.8, 4) is 22.7 Å². The van der Waals surface area contributed by atoms with E-state index in [4.69, 9.17) is 27.9 Å². The molecule has 3 aromatic rings. The highest BCUT2D eigenvalue weighted by atomic mass is 127. The molecule has 5 nitrogen and oxygen atoms in total. The van der Waals surface area contributed by atoms with Crippen LogP contribution in [0.4, 0.5) is 0 Å². The molecule has 0 radical (unpaired) electrons. The van der Waals surface area contributed by atoms with E-state index in [9.17, 15) is 9.90 Å². The first-order valence-corrected chi connectivity index (χ1v) is 9.83. The van der Waals surface area contributed by atoms with Gasteiger partial charge in [0.25, 0.3) is 0 Å². The van der Waals surface area contributed by atoms with E-state index in [2.05, 4.69) is 27.7 Å². The lowest BCUT2D eigenvalue weighted by Crippen LogP contribution is -2.31. The van der Waals surface area contributed by atoms with Gasteiger partial charge in [-0.15, -0.1) is 0 Å². The minimum Gasteiger partial charge on any atom is -0.482 e. The van der Waals surface area contributed by atoms with Crippen LogP contribution >= 0.6 is 45.8 Å². The summed E-state index contributed by atoms with van der Waals surface area (Å²) < 4.78 is 8.72. The van der Waals surface area contributed by atoms with Crippen LogP contribution in [0, 0.1) is 3.57 Å². The second-order valence-corrected chi connectivity index (χ2v) is 8.73. The molecule has 27 heavy (non-hydrogen) atoms. The Labute approximate surface area is 179 Å². The minimum absolute atomic E-state index is 0.0646. The number of hydrogen-bond acceptors (Lipinski definition) is 3. The Kier molecular flexibility index (Phi) is 4.40. The zero-order valence-corrected chi connectivity index (χ0v) is 17.9. The number of aromatic nitrogens is 2. The van der Waals surface area contributed by atoms with Crippen LogP contribution in [0.3, 0.4) is 0 Å². The van der Waals surface area contributed by atoms with Gasteiger partial charge < -0.3 is 9.84 Å². The molecule has 0 aliphatic carbocycles. The fourth-order valence-corrected chi connectivity index (χ4v) is 4.27. The first kappa shape index (κ1) is 18.6. The SMILES string of the molecule is CC1(C)Oc2cc(I)ccc2-c2c1c(C(=O)O)nn2-c1ccc(Cl)cc1Cl. The van der Waals surface area contributed by atoms with Crippen molar-refractivity contribution in [1.82, 2.24) is 9.78 Å². The van der Waals surface area contributed by atoms with Gasteiger partial charge in [0.2, 0.25) is 0 Å². The zero-order valence-electron chi connectivity index (χ0n) is 14.3. The predicted octanol–water partition coefficient (Wildman–Crippen LogP) is 5.78. The van der Waals surface area contributed by atoms with Crippen molar-refractivity contribution in [2.24, 2.45) is 0 Å². The second-order valence-electron chi connectivity index (χ2n) is 6.64. The number of fused-ring (bicyclic) bond motifs is 3. The summed E-state index contributed by atoms with van der Waals surface area (Å²) in [5.74, 6) is -0.455. The summed E-state index contributed by atoms with van der Waals surface area (Å²) in [5, 5.41) is 15.0. The van der Waals surface area contributed by atoms with E-state index in [0.717, 1.165) is 9.13 Å². The van der Waals surface area contributed by atoms with E-state index >= 15 is 0 Å². The molecule has 1 aliphatic heterocycles. The number of halogens is 3. The molecule has 4 rings (SSSR count). The van der Waals surface area contributed by atoms with Crippen molar-refractivity contribution in [2.75, 3.05) is 0 Å². The first-order chi connectivity index (χ1) is 12.7. The van der Waals surface area contributed by atoms with Gasteiger partial charge in [-0.05, 0) is 72.8 Å². The molecule has 0 atom stereocenters. The molecule has 0 unspecified atom stereocenters. The van der Waals surface area contributed by atoms with E-state index in [0.29, 0.717) is 32.7 Å². The van der Waals surface area contributed by atoms with Gasteiger partial charge in [0.15, 0.2) is 5.69 Å². The summed E-state index contributed by atoms with van der Waals surface area (Å²) in [6, 6.07) is 10.8. The summed E-state index contributed by atoms with van der Waals surface area (Å²) in [6.45, 7) is 3.66. The zero-order chi connectivity index (χ0) is 19.5. The number of nitrogens with zero attached hydrogens (tertiary/aromatic N) is 2. The number of hydrogen-bond donors (Lipinski definition) is 1. The van der Waals surface area contributed by atoms with Gasteiger partial charge >= 0.3 is 5.97 Å². The second kappa shape index (κ2) is 6.39. The first-order valence-electron chi connectivity index (χ1n) is 8.00. The van der Waals surface area contributed by atoms with Gasteiger partial charge in [-0.25, -0.2) is 9.48 Å². The fraction of sp³-hybridized carbons (Fsp3) is 0.158. The van der Waals surface area contributed by atoms with Crippen molar-refractivity contribution >= 4 is 51.8 Å². The predicted molar refractivity (Wildman–Crippen MR) is 112 cm³/mol. The molecule has 1 N–H and O–H groups in total. The molecule has 2 heterocycles. The van der Waals surface area contributed by atoms with Crippen LogP contribution in [0.5, 0.6) is 5.75 Å². The Balaban J connectivity index is 2.12. The molecule has 8 heteroatoms. The van der Waals surface area contributed by atoms with Gasteiger partial charge in [-0.1, -0.05) is 23.2 Å². The van der Waals surface area contributed by atoms with Gasteiger partial charge in [0.05, 0.1) is 22.0 Å². The summed E-state index contributed by atoms with van der Waals surface area (Å²) in [4.78, 5) is 11.9. The van der Waals surface area contributed by atoms with Crippen LogP contribution in [-0.4, -0.2) is 20.9 Å². The van der Waals surface area contributed by atoms with Crippen LogP contribution < -0.4 is 4.74 Å². The Morgan fingerprint density at radius 2 is 1.96 bits per heavy atom. The highest BCUT2D eigenvalue weighted by Crippen LogP contribution is 2.48. The average Bonchev–Trinajstić information content (AvgIpc) is 2.96. The maximum absolute atomic E-state index is 11.9. The van der Waals surface area contributed by atoms with Crippen molar-refractivity contribution in [3.05, 3.63) is 61.3 Å². The molecule has 138 valence electrons. The molecular formula is C19H13Cl2IN2O3. The summed E-state index contributed by atoms with van der Waals surface area (Å²) in [7, 11) is 0. The molecule has 0 bridgehead atoms. The van der Waals surface area contributed by atoms with Crippen LogP contribution in [0.2, 0.25) is 10.0 Å². The van der Waals surface area contributed by atoms with E-state index in [1.165, 1.54) is 0 Å². The highest BCUT2D eigenvalue weighted by molar-refractivity contribution is 14.1. The largest absolute Gasteiger partial charge is 0.482 e. The van der Waals surface area contributed by atoms with Crippen molar-refractivity contribution < 1.29 is 14.6 Å². The Morgan fingerprint density at radius 1 is 1.22 bits per heavy atom. The maximum Gasteiger partial charge on any atom is 0.356 e. The monoisotopic (exact) mass is 514 g/mol. The van der Waals surface area contributed by atoms with Crippen molar-refractivity contribution in [2.45, 2.75) is 19.4 Å². The average molecular weight is 515 g/mol. The number of carbonyl (C=O) groups is 1. The smallest absolute Gasteiger partial charge is 0.356 e. The quantitative estimate of drug-likeness (QED) is 0.440. The topological polar surface area (TPSA) is 64.3 Å². The Hall–Kier alpha value is -1.77. The van der Waals surface area contributed by atoms with Crippen molar-refractivity contribution in [1.29, 1.82) is 0 Å². The number of ether oxygens (including phenoxy) is 1. The summed E-state index contributed by atoms with van der Waals surface area (Å²) in [6.07, 6.45) is 0. The third kappa shape index (κ3) is 2.99. The number of carboxylic acids is 1. The fourth-order valence-electron chi connectivity index (χ4n) is 3.32. The molecule has 0 fully saturated rings. The van der Waals surface area contributed by atoms with E-state index in [-0.39, 0.29) is 5.69 Å². The molecule has 0 amide bonds. The molecule has 0 saturated carbocycles. The third-order valence-electron chi connectivity index (χ3n) is 4.39. The summed E-state index contributed by atoms with van der Waals surface area (Å²) >= 11 is 14.6. The lowest BCUT2D eigenvalue weighted by Gasteiger charge is -2.33. The lowest BCUT2D eigenvalue weighted by molar-refractivity contribution is 0.0664. The molecule has 0 saturated heterocycles. The standard InChI is InChI=1S/C19H13Cl2IN2O3/c1-19(2)15-16(18(25)26)23-24(13-6-3-9(20)7-12(13)21)17(15)11-5-4-10(22)8-14(11)27-19/h3-8H,1-2H3,(H,25,26). The highest BCUT2D eigenvalue weighted by Gasteiger charge is 2.41. The number of benzene rings is 2. The van der Waals surface area contributed by atoms with Crippen LogP contribution in [0.1, 0.15) is 29.9 Å². The van der Waals surface area contributed by atoms with Gasteiger partial charge in [-0.2, -0.15) is 5.10 Å². The summed E-state index contributed by atoms with van der Waals surface area (Å²) in [5.41, 5.74) is 1.53. The van der Waals surface area contributed by atoms with E-state index in [1.54, 1.807) is 22.9 Å².